The predicted molar refractivity (Wildman–Crippen MR) is 77.4 cm³/mol. The first-order valence-electron chi connectivity index (χ1n) is 7.61. The van der Waals surface area contributed by atoms with Crippen LogP contribution < -0.4 is 5.32 Å². The number of hydrogen-bond donors (Lipinski definition) is 1. The highest BCUT2D eigenvalue weighted by atomic mass is 19.1. The van der Waals surface area contributed by atoms with E-state index in [2.05, 4.69) is 5.32 Å². The molecule has 0 unspecified atom stereocenters. The van der Waals surface area contributed by atoms with Gasteiger partial charge in [0.15, 0.2) is 0 Å². The number of nitrogens with zero attached hydrogens (tertiary/aromatic N) is 1. The number of hydrogen-bond acceptors (Lipinski definition) is 3. The van der Waals surface area contributed by atoms with E-state index in [1.54, 1.807) is 12.1 Å². The molecule has 1 amide bonds. The molecule has 0 aromatic heterocycles. The summed E-state index contributed by atoms with van der Waals surface area (Å²) in [5, 5.41) is 3.19. The Balaban J connectivity index is 1.66. The second-order valence-corrected chi connectivity index (χ2v) is 5.73. The molecule has 0 radical (unpaired) electrons. The highest BCUT2D eigenvalue weighted by Gasteiger charge is 2.34. The first-order valence-corrected chi connectivity index (χ1v) is 7.61. The van der Waals surface area contributed by atoms with Crippen molar-refractivity contribution >= 4 is 5.91 Å². The van der Waals surface area contributed by atoms with Crippen molar-refractivity contribution < 1.29 is 13.9 Å². The molecule has 1 N–H and O–H groups in total. The van der Waals surface area contributed by atoms with Gasteiger partial charge in [-0.2, -0.15) is 0 Å². The van der Waals surface area contributed by atoms with Gasteiger partial charge >= 0.3 is 0 Å². The molecule has 3 rings (SSSR count). The van der Waals surface area contributed by atoms with Crippen LogP contribution in [0.2, 0.25) is 0 Å². The third kappa shape index (κ3) is 3.41. The molecular formula is C16H21FN2O2. The molecule has 0 bridgehead atoms. The second kappa shape index (κ2) is 6.54. The Bertz CT molecular complexity index is 503. The van der Waals surface area contributed by atoms with Gasteiger partial charge in [-0.25, -0.2) is 4.39 Å². The van der Waals surface area contributed by atoms with Crippen LogP contribution in [0.15, 0.2) is 24.3 Å². The van der Waals surface area contributed by atoms with E-state index >= 15 is 0 Å². The molecule has 4 nitrogen and oxygen atoms in total. The normalized spacial score (nSPS) is 26.0. The van der Waals surface area contributed by atoms with Crippen LogP contribution in [-0.4, -0.2) is 49.2 Å². The molecule has 2 aliphatic rings. The molecule has 0 spiro atoms. The van der Waals surface area contributed by atoms with Gasteiger partial charge in [0.1, 0.15) is 11.9 Å². The maximum absolute atomic E-state index is 13.3. The van der Waals surface area contributed by atoms with Gasteiger partial charge in [-0.05, 0) is 37.0 Å². The molecule has 21 heavy (non-hydrogen) atoms. The summed E-state index contributed by atoms with van der Waals surface area (Å²) in [5.41, 5.74) is 0.947. The zero-order chi connectivity index (χ0) is 14.7. The lowest BCUT2D eigenvalue weighted by Gasteiger charge is -2.31. The van der Waals surface area contributed by atoms with E-state index in [9.17, 15) is 9.18 Å². The minimum absolute atomic E-state index is 0.0705. The Hall–Kier alpha value is -1.46. The second-order valence-electron chi connectivity index (χ2n) is 5.73. The molecule has 2 fully saturated rings. The summed E-state index contributed by atoms with van der Waals surface area (Å²) in [6, 6.07) is 6.80. The summed E-state index contributed by atoms with van der Waals surface area (Å²) < 4.78 is 18.8. The third-order valence-electron chi connectivity index (χ3n) is 4.22. The number of carbonyl (C=O) groups excluding carboxylic acids is 1. The lowest BCUT2D eigenvalue weighted by atomic mass is 10.0. The first-order chi connectivity index (χ1) is 10.2. The molecule has 1 aromatic rings. The quantitative estimate of drug-likeness (QED) is 0.914. The molecule has 2 aliphatic heterocycles. The maximum Gasteiger partial charge on any atom is 0.253 e. The number of morpholine rings is 1. The lowest BCUT2D eigenvalue weighted by molar-refractivity contribution is -0.146. The van der Waals surface area contributed by atoms with Gasteiger partial charge in [0, 0.05) is 25.7 Å². The number of likely N-dealkylation sites (tertiary alicyclic amines) is 1. The number of amides is 1. The van der Waals surface area contributed by atoms with Gasteiger partial charge in [-0.1, -0.05) is 12.1 Å². The van der Waals surface area contributed by atoms with Crippen molar-refractivity contribution in [2.75, 3.05) is 26.2 Å². The highest BCUT2D eigenvalue weighted by molar-refractivity contribution is 5.82. The Kier molecular flexibility index (Phi) is 4.51. The van der Waals surface area contributed by atoms with Crippen LogP contribution in [-0.2, 0) is 16.0 Å². The molecule has 5 heteroatoms. The fraction of sp³-hybridized carbons (Fsp3) is 0.562. The average Bonchev–Trinajstić information content (AvgIpc) is 2.95. The van der Waals surface area contributed by atoms with Crippen LogP contribution in [0.3, 0.4) is 0 Å². The molecular weight excluding hydrogens is 271 g/mol. The van der Waals surface area contributed by atoms with Crippen LogP contribution in [0.1, 0.15) is 18.4 Å². The van der Waals surface area contributed by atoms with Crippen molar-refractivity contribution in [3.8, 4) is 0 Å². The predicted octanol–water partition coefficient (Wildman–Crippen LogP) is 1.35. The van der Waals surface area contributed by atoms with Gasteiger partial charge in [0.05, 0.1) is 6.61 Å². The maximum atomic E-state index is 13.3. The standard InChI is InChI=1S/C16H21FN2O2/c17-13-4-1-3-12(9-13)10-14-5-2-7-19(14)16(20)15-11-18-6-8-21-15/h1,3-4,9,14-15,18H,2,5-8,10-11H2/t14-,15+/m0/s1. The molecule has 0 saturated carbocycles. The third-order valence-corrected chi connectivity index (χ3v) is 4.22. The Labute approximate surface area is 124 Å². The Morgan fingerprint density at radius 3 is 3.14 bits per heavy atom. The zero-order valence-corrected chi connectivity index (χ0v) is 12.1. The Morgan fingerprint density at radius 2 is 2.38 bits per heavy atom. The number of ether oxygens (including phenoxy) is 1. The van der Waals surface area contributed by atoms with Crippen molar-refractivity contribution in [2.24, 2.45) is 0 Å². The minimum Gasteiger partial charge on any atom is -0.366 e. The molecule has 2 saturated heterocycles. The summed E-state index contributed by atoms with van der Waals surface area (Å²) in [6.45, 7) is 2.75. The number of benzene rings is 1. The van der Waals surface area contributed by atoms with Crippen molar-refractivity contribution in [1.29, 1.82) is 0 Å². The number of rotatable bonds is 3. The van der Waals surface area contributed by atoms with Crippen LogP contribution in [0.25, 0.3) is 0 Å². The summed E-state index contributed by atoms with van der Waals surface area (Å²) in [7, 11) is 0. The smallest absolute Gasteiger partial charge is 0.253 e. The Morgan fingerprint density at radius 1 is 1.48 bits per heavy atom. The fourth-order valence-electron chi connectivity index (χ4n) is 3.18. The summed E-state index contributed by atoms with van der Waals surface area (Å²) in [4.78, 5) is 14.5. The van der Waals surface area contributed by atoms with Crippen LogP contribution >= 0.6 is 0 Å². The largest absolute Gasteiger partial charge is 0.366 e. The van der Waals surface area contributed by atoms with E-state index in [1.165, 1.54) is 6.07 Å². The monoisotopic (exact) mass is 292 g/mol. The van der Waals surface area contributed by atoms with Gasteiger partial charge < -0.3 is 15.0 Å². The fourth-order valence-corrected chi connectivity index (χ4v) is 3.18. The SMILES string of the molecule is O=C([C@H]1CNCCO1)N1CCC[C@H]1Cc1cccc(F)c1. The van der Waals surface area contributed by atoms with Crippen LogP contribution in [0.4, 0.5) is 4.39 Å². The number of nitrogens with one attached hydrogen (secondary N) is 1. The minimum atomic E-state index is -0.369. The molecule has 0 aliphatic carbocycles. The van der Waals surface area contributed by atoms with Gasteiger partial charge in [0.25, 0.3) is 5.91 Å². The van der Waals surface area contributed by atoms with E-state index in [1.807, 2.05) is 11.0 Å². The summed E-state index contributed by atoms with van der Waals surface area (Å²) in [6.07, 6.45) is 2.32. The topological polar surface area (TPSA) is 41.6 Å². The van der Waals surface area contributed by atoms with Gasteiger partial charge in [0.2, 0.25) is 0 Å². The highest BCUT2D eigenvalue weighted by Crippen LogP contribution is 2.23. The summed E-state index contributed by atoms with van der Waals surface area (Å²) in [5.74, 6) is -0.149. The lowest BCUT2D eigenvalue weighted by Crippen LogP contribution is -2.51. The molecule has 114 valence electrons. The van der Waals surface area contributed by atoms with E-state index in [0.717, 1.165) is 31.5 Å². The molecule has 2 heterocycles. The molecule has 2 atom stereocenters. The molecule has 1 aromatic carbocycles. The summed E-state index contributed by atoms with van der Waals surface area (Å²) >= 11 is 0. The number of halogens is 1. The van der Waals surface area contributed by atoms with E-state index in [4.69, 9.17) is 4.74 Å². The van der Waals surface area contributed by atoms with Crippen molar-refractivity contribution in [1.82, 2.24) is 10.2 Å². The zero-order valence-electron chi connectivity index (χ0n) is 12.1. The van der Waals surface area contributed by atoms with E-state index in [0.29, 0.717) is 19.6 Å². The van der Waals surface area contributed by atoms with Crippen molar-refractivity contribution in [3.05, 3.63) is 35.6 Å². The van der Waals surface area contributed by atoms with Crippen LogP contribution in [0, 0.1) is 5.82 Å². The van der Waals surface area contributed by atoms with E-state index < -0.39 is 0 Å². The number of carbonyl (C=O) groups is 1. The van der Waals surface area contributed by atoms with Crippen LogP contribution in [0.5, 0.6) is 0 Å². The first kappa shape index (κ1) is 14.5. The van der Waals surface area contributed by atoms with Crippen molar-refractivity contribution in [3.63, 3.8) is 0 Å². The average molecular weight is 292 g/mol. The van der Waals surface area contributed by atoms with Crippen molar-refractivity contribution in [2.45, 2.75) is 31.4 Å². The van der Waals surface area contributed by atoms with E-state index in [-0.39, 0.29) is 23.9 Å². The van der Waals surface area contributed by atoms with Gasteiger partial charge in [-0.15, -0.1) is 0 Å². The van der Waals surface area contributed by atoms with Gasteiger partial charge in [-0.3, -0.25) is 4.79 Å².